The van der Waals surface area contributed by atoms with Gasteiger partial charge in [-0.25, -0.2) is 5.14 Å². The van der Waals surface area contributed by atoms with Crippen LogP contribution in [0.2, 0.25) is 0 Å². The summed E-state index contributed by atoms with van der Waals surface area (Å²) in [4.78, 5) is 13.7. The van der Waals surface area contributed by atoms with Crippen LogP contribution in [-0.4, -0.2) is 55.8 Å². The number of rotatable bonds is 3. The normalized spacial score (nSPS) is 20.4. The van der Waals surface area contributed by atoms with E-state index < -0.39 is 10.2 Å². The van der Waals surface area contributed by atoms with Crippen LogP contribution in [0.5, 0.6) is 0 Å². The molecular weight excluding hydrogens is 268 g/mol. The molecule has 0 saturated carbocycles. The Morgan fingerprint density at radius 3 is 2.05 bits per heavy atom. The van der Waals surface area contributed by atoms with Crippen LogP contribution < -0.4 is 10.9 Å². The minimum absolute atomic E-state index is 0.0310. The Bertz CT molecular complexity index is 422. The van der Waals surface area contributed by atoms with E-state index in [4.69, 9.17) is 10.9 Å². The molecule has 0 radical (unpaired) electrons. The molecule has 1 amide bonds. The Labute approximate surface area is 115 Å². The second-order valence-corrected chi connectivity index (χ2v) is 7.55. The molecule has 0 spiro atoms. The second kappa shape index (κ2) is 5.74. The fraction of sp³-hybridized carbons (Fsp3) is 0.909. The molecule has 112 valence electrons. The summed E-state index contributed by atoms with van der Waals surface area (Å²) in [6.45, 7) is 7.19. The van der Waals surface area contributed by atoms with Crippen molar-refractivity contribution in [2.75, 3.05) is 26.2 Å². The van der Waals surface area contributed by atoms with Gasteiger partial charge in [0, 0.05) is 38.6 Å². The van der Waals surface area contributed by atoms with E-state index in [-0.39, 0.29) is 36.9 Å². The molecule has 7 nitrogen and oxygen atoms in total. The van der Waals surface area contributed by atoms with E-state index in [9.17, 15) is 13.2 Å². The van der Waals surface area contributed by atoms with Crippen molar-refractivity contribution in [3.05, 3.63) is 0 Å². The van der Waals surface area contributed by atoms with Gasteiger partial charge in [-0.05, 0) is 5.41 Å². The Morgan fingerprint density at radius 2 is 1.68 bits per heavy atom. The number of carbonyl (C=O) groups is 1. The summed E-state index contributed by atoms with van der Waals surface area (Å²) in [5, 5.41) is 5.04. The summed E-state index contributed by atoms with van der Waals surface area (Å²) in [5.41, 5.74) is 5.85. The minimum atomic E-state index is -3.65. The summed E-state index contributed by atoms with van der Waals surface area (Å²) in [6.07, 6.45) is 0.277. The van der Waals surface area contributed by atoms with Crippen LogP contribution in [0.25, 0.3) is 0 Å². The summed E-state index contributed by atoms with van der Waals surface area (Å²) in [7, 11) is -3.65. The van der Waals surface area contributed by atoms with Crippen molar-refractivity contribution in [2.24, 2.45) is 16.3 Å². The highest BCUT2D eigenvalue weighted by Crippen LogP contribution is 2.20. The number of piperazine rings is 1. The van der Waals surface area contributed by atoms with E-state index in [1.54, 1.807) is 4.90 Å². The first-order valence-corrected chi connectivity index (χ1v) is 7.83. The van der Waals surface area contributed by atoms with Gasteiger partial charge >= 0.3 is 0 Å². The predicted molar refractivity (Wildman–Crippen MR) is 73.3 cm³/mol. The van der Waals surface area contributed by atoms with Crippen molar-refractivity contribution in [2.45, 2.75) is 33.2 Å². The van der Waals surface area contributed by atoms with Gasteiger partial charge in [-0.15, -0.1) is 0 Å². The zero-order chi connectivity index (χ0) is 14.8. The van der Waals surface area contributed by atoms with Gasteiger partial charge in [-0.1, -0.05) is 20.8 Å². The van der Waals surface area contributed by atoms with Crippen LogP contribution in [-0.2, 0) is 15.0 Å². The molecule has 0 aliphatic carbocycles. The van der Waals surface area contributed by atoms with E-state index in [1.807, 2.05) is 20.8 Å². The molecule has 8 heteroatoms. The first-order valence-electron chi connectivity index (χ1n) is 6.33. The van der Waals surface area contributed by atoms with Crippen LogP contribution in [0, 0.1) is 5.41 Å². The van der Waals surface area contributed by atoms with Gasteiger partial charge in [-0.3, -0.25) is 4.79 Å². The zero-order valence-electron chi connectivity index (χ0n) is 11.8. The van der Waals surface area contributed by atoms with Gasteiger partial charge in [0.15, 0.2) is 0 Å². The maximum atomic E-state index is 12.1. The van der Waals surface area contributed by atoms with E-state index >= 15 is 0 Å². The van der Waals surface area contributed by atoms with Crippen LogP contribution in [0.15, 0.2) is 0 Å². The van der Waals surface area contributed by atoms with Crippen molar-refractivity contribution in [1.82, 2.24) is 9.21 Å². The van der Waals surface area contributed by atoms with Crippen molar-refractivity contribution in [3.8, 4) is 0 Å². The maximum Gasteiger partial charge on any atom is 0.277 e. The van der Waals surface area contributed by atoms with Crippen molar-refractivity contribution in [1.29, 1.82) is 0 Å². The number of nitrogens with two attached hydrogens (primary N) is 2. The molecule has 1 unspecified atom stereocenters. The van der Waals surface area contributed by atoms with Gasteiger partial charge < -0.3 is 10.6 Å². The zero-order valence-corrected chi connectivity index (χ0v) is 12.6. The molecule has 0 aromatic heterocycles. The fourth-order valence-electron chi connectivity index (χ4n) is 1.82. The molecule has 1 heterocycles. The first kappa shape index (κ1) is 16.4. The summed E-state index contributed by atoms with van der Waals surface area (Å²) in [6, 6.07) is -0.212. The molecule has 4 N–H and O–H groups in total. The average Bonchev–Trinajstić information content (AvgIpc) is 2.26. The lowest BCUT2D eigenvalue weighted by Crippen LogP contribution is -2.53. The van der Waals surface area contributed by atoms with Gasteiger partial charge in [-0.2, -0.15) is 12.7 Å². The highest BCUT2D eigenvalue weighted by atomic mass is 32.2. The minimum Gasteiger partial charge on any atom is -0.340 e. The van der Waals surface area contributed by atoms with E-state index in [0.29, 0.717) is 13.1 Å². The number of hydrogen-bond donors (Lipinski definition) is 2. The molecule has 19 heavy (non-hydrogen) atoms. The van der Waals surface area contributed by atoms with E-state index in [1.165, 1.54) is 4.31 Å². The summed E-state index contributed by atoms with van der Waals surface area (Å²) in [5.74, 6) is -0.0310. The number of amides is 1. The predicted octanol–water partition coefficient (Wildman–Crippen LogP) is -0.902. The molecule has 1 aliphatic rings. The number of carbonyl (C=O) groups excluding carboxylic acids is 1. The maximum absolute atomic E-state index is 12.1. The molecule has 1 atom stereocenters. The lowest BCUT2D eigenvalue weighted by atomic mass is 9.85. The third-order valence-corrected chi connectivity index (χ3v) is 4.54. The first-order chi connectivity index (χ1) is 8.51. The van der Waals surface area contributed by atoms with E-state index in [0.717, 1.165) is 0 Å². The highest BCUT2D eigenvalue weighted by Gasteiger charge is 2.29. The molecule has 0 aromatic carbocycles. The van der Waals surface area contributed by atoms with Crippen LogP contribution >= 0.6 is 0 Å². The number of nitrogens with zero attached hydrogens (tertiary/aromatic N) is 2. The van der Waals surface area contributed by atoms with E-state index in [2.05, 4.69) is 0 Å². The van der Waals surface area contributed by atoms with Crippen LogP contribution in [0.1, 0.15) is 27.2 Å². The number of hydrogen-bond acceptors (Lipinski definition) is 4. The molecule has 1 saturated heterocycles. The van der Waals surface area contributed by atoms with Crippen LogP contribution in [0.4, 0.5) is 0 Å². The van der Waals surface area contributed by atoms with Crippen molar-refractivity contribution in [3.63, 3.8) is 0 Å². The largest absolute Gasteiger partial charge is 0.340 e. The lowest BCUT2D eigenvalue weighted by molar-refractivity contribution is -0.133. The van der Waals surface area contributed by atoms with Crippen LogP contribution in [0.3, 0.4) is 0 Å². The van der Waals surface area contributed by atoms with Gasteiger partial charge in [0.25, 0.3) is 10.2 Å². The molecule has 1 rings (SSSR count). The van der Waals surface area contributed by atoms with Crippen molar-refractivity contribution < 1.29 is 13.2 Å². The average molecular weight is 292 g/mol. The standard InChI is InChI=1S/C11H24N4O3S/c1-11(2,3)9(12)8-10(16)14-4-6-15(7-5-14)19(13,17)18/h9H,4-8,12H2,1-3H3,(H2,13,17,18). The van der Waals surface area contributed by atoms with Crippen molar-refractivity contribution >= 4 is 16.1 Å². The van der Waals surface area contributed by atoms with Gasteiger partial charge in [0.1, 0.15) is 0 Å². The Morgan fingerprint density at radius 1 is 1.21 bits per heavy atom. The third-order valence-electron chi connectivity index (χ3n) is 3.46. The molecular formula is C11H24N4O3S. The Balaban J connectivity index is 2.50. The van der Waals surface area contributed by atoms with Gasteiger partial charge in [0.05, 0.1) is 0 Å². The quantitative estimate of drug-likeness (QED) is 0.702. The smallest absolute Gasteiger partial charge is 0.277 e. The summed E-state index contributed by atoms with van der Waals surface area (Å²) >= 11 is 0. The van der Waals surface area contributed by atoms with Gasteiger partial charge in [0.2, 0.25) is 5.91 Å². The second-order valence-electron chi connectivity index (χ2n) is 6.00. The molecule has 1 fully saturated rings. The molecule has 0 bridgehead atoms. The summed E-state index contributed by atoms with van der Waals surface area (Å²) < 4.78 is 23.5. The highest BCUT2D eigenvalue weighted by molar-refractivity contribution is 7.86. The monoisotopic (exact) mass is 292 g/mol. The SMILES string of the molecule is CC(C)(C)C(N)CC(=O)N1CCN(S(N)(=O)=O)CC1. The Kier molecular flexibility index (Phi) is 4.94. The Hall–Kier alpha value is -0.700. The molecule has 0 aromatic rings. The lowest BCUT2D eigenvalue weighted by Gasteiger charge is -2.35. The topological polar surface area (TPSA) is 110 Å². The third kappa shape index (κ3) is 4.72. The fourth-order valence-corrected chi connectivity index (χ4v) is 2.49. The molecule has 1 aliphatic heterocycles.